The van der Waals surface area contributed by atoms with Crippen molar-refractivity contribution in [3.63, 3.8) is 0 Å². The number of nitrogens with zero attached hydrogens (tertiary/aromatic N) is 3. The van der Waals surface area contributed by atoms with Crippen molar-refractivity contribution in [2.45, 2.75) is 13.3 Å². The maximum atomic E-state index is 5.72. The number of anilines is 2. The van der Waals surface area contributed by atoms with Crippen molar-refractivity contribution in [2.24, 2.45) is 0 Å². The van der Waals surface area contributed by atoms with Gasteiger partial charge in [0.15, 0.2) is 0 Å². The number of aromatic nitrogens is 3. The van der Waals surface area contributed by atoms with E-state index in [9.17, 15) is 0 Å². The molecule has 1 heterocycles. The van der Waals surface area contributed by atoms with Gasteiger partial charge in [-0.05, 0) is 18.5 Å². The van der Waals surface area contributed by atoms with Crippen molar-refractivity contribution in [2.75, 3.05) is 23.7 Å². The second kappa shape index (κ2) is 6.04. The van der Waals surface area contributed by atoms with Crippen LogP contribution in [-0.2, 0) is 0 Å². The van der Waals surface area contributed by atoms with Crippen LogP contribution in [0, 0.1) is 12.3 Å². The van der Waals surface area contributed by atoms with Crippen LogP contribution in [0.3, 0.4) is 0 Å². The lowest BCUT2D eigenvalue weighted by atomic mass is 10.4. The average Bonchev–Trinajstić information content (AvgIpc) is 2.18. The molecule has 0 aliphatic carbocycles. The van der Waals surface area contributed by atoms with Gasteiger partial charge in [-0.25, -0.2) is 0 Å². The lowest BCUT2D eigenvalue weighted by Gasteiger charge is -2.05. The molecule has 0 aliphatic heterocycles. The van der Waals surface area contributed by atoms with Gasteiger partial charge >= 0.3 is 0 Å². The van der Waals surface area contributed by atoms with E-state index in [1.165, 1.54) is 0 Å². The highest BCUT2D eigenvalue weighted by molar-refractivity contribution is 6.28. The standard InChI is InChI=1S/C9H12ClN5/c1-3-5-6-12-9-14-7(10)13-8(15-9)11-4-2/h1H,4-6H2,2H3,(H2,11,12,13,14,15). The van der Waals surface area contributed by atoms with Gasteiger partial charge in [0.1, 0.15) is 0 Å². The molecule has 0 saturated heterocycles. The monoisotopic (exact) mass is 225 g/mol. The van der Waals surface area contributed by atoms with Gasteiger partial charge < -0.3 is 10.6 Å². The fourth-order valence-electron chi connectivity index (χ4n) is 0.913. The number of hydrogen-bond acceptors (Lipinski definition) is 5. The van der Waals surface area contributed by atoms with Crippen LogP contribution in [0.15, 0.2) is 0 Å². The van der Waals surface area contributed by atoms with Gasteiger partial charge in [0, 0.05) is 19.5 Å². The molecule has 0 fully saturated rings. The Morgan fingerprint density at radius 3 is 2.53 bits per heavy atom. The molecule has 80 valence electrons. The highest BCUT2D eigenvalue weighted by Crippen LogP contribution is 2.08. The van der Waals surface area contributed by atoms with E-state index in [4.69, 9.17) is 18.0 Å². The van der Waals surface area contributed by atoms with E-state index in [0.29, 0.717) is 24.9 Å². The summed E-state index contributed by atoms with van der Waals surface area (Å²) in [5.74, 6) is 3.40. The van der Waals surface area contributed by atoms with Crippen LogP contribution in [-0.4, -0.2) is 28.0 Å². The molecule has 0 atom stereocenters. The molecule has 0 spiro atoms. The summed E-state index contributed by atoms with van der Waals surface area (Å²) in [7, 11) is 0. The average molecular weight is 226 g/mol. The predicted octanol–water partition coefficient (Wildman–Crippen LogP) is 1.39. The maximum absolute atomic E-state index is 5.72. The molecular formula is C9H12ClN5. The van der Waals surface area contributed by atoms with Crippen molar-refractivity contribution in [3.8, 4) is 12.3 Å². The Bertz CT molecular complexity index is 360. The Morgan fingerprint density at radius 2 is 1.93 bits per heavy atom. The van der Waals surface area contributed by atoms with E-state index in [-0.39, 0.29) is 5.28 Å². The molecule has 2 N–H and O–H groups in total. The molecule has 6 heteroatoms. The van der Waals surface area contributed by atoms with Crippen LogP contribution >= 0.6 is 11.6 Å². The largest absolute Gasteiger partial charge is 0.354 e. The molecule has 1 rings (SSSR count). The molecule has 0 radical (unpaired) electrons. The first-order valence-corrected chi connectivity index (χ1v) is 4.97. The molecular weight excluding hydrogens is 214 g/mol. The number of terminal acetylenes is 1. The highest BCUT2D eigenvalue weighted by Gasteiger charge is 2.02. The molecule has 5 nitrogen and oxygen atoms in total. The zero-order valence-electron chi connectivity index (χ0n) is 8.42. The normalized spacial score (nSPS) is 9.40. The minimum absolute atomic E-state index is 0.157. The fraction of sp³-hybridized carbons (Fsp3) is 0.444. The first-order chi connectivity index (χ1) is 7.26. The summed E-state index contributed by atoms with van der Waals surface area (Å²) in [5, 5.41) is 6.06. The number of hydrogen-bond donors (Lipinski definition) is 2. The second-order valence-corrected chi connectivity index (χ2v) is 3.00. The summed E-state index contributed by atoms with van der Waals surface area (Å²) in [6.45, 7) is 3.29. The maximum Gasteiger partial charge on any atom is 0.228 e. The Labute approximate surface area is 93.7 Å². The van der Waals surface area contributed by atoms with E-state index >= 15 is 0 Å². The molecule has 15 heavy (non-hydrogen) atoms. The third-order valence-corrected chi connectivity index (χ3v) is 1.66. The van der Waals surface area contributed by atoms with Crippen molar-refractivity contribution >= 4 is 23.5 Å². The quantitative estimate of drug-likeness (QED) is 0.586. The Morgan fingerprint density at radius 1 is 1.27 bits per heavy atom. The number of nitrogens with one attached hydrogen (secondary N) is 2. The van der Waals surface area contributed by atoms with E-state index < -0.39 is 0 Å². The first-order valence-electron chi connectivity index (χ1n) is 4.59. The minimum Gasteiger partial charge on any atom is -0.354 e. The van der Waals surface area contributed by atoms with Crippen LogP contribution in [0.4, 0.5) is 11.9 Å². The zero-order chi connectivity index (χ0) is 11.1. The zero-order valence-corrected chi connectivity index (χ0v) is 9.17. The smallest absolute Gasteiger partial charge is 0.228 e. The van der Waals surface area contributed by atoms with Crippen molar-refractivity contribution in [3.05, 3.63) is 5.28 Å². The van der Waals surface area contributed by atoms with Crippen LogP contribution in [0.5, 0.6) is 0 Å². The molecule has 1 aromatic rings. The van der Waals surface area contributed by atoms with E-state index in [1.807, 2.05) is 6.92 Å². The Hall–Kier alpha value is -1.54. The van der Waals surface area contributed by atoms with Gasteiger partial charge in [0.05, 0.1) is 0 Å². The van der Waals surface area contributed by atoms with Gasteiger partial charge in [-0.1, -0.05) is 0 Å². The van der Waals surface area contributed by atoms with E-state index in [1.54, 1.807) is 0 Å². The van der Waals surface area contributed by atoms with Crippen molar-refractivity contribution < 1.29 is 0 Å². The molecule has 0 aromatic carbocycles. The van der Waals surface area contributed by atoms with Crippen LogP contribution in [0.2, 0.25) is 5.28 Å². The van der Waals surface area contributed by atoms with E-state index in [0.717, 1.165) is 6.54 Å². The van der Waals surface area contributed by atoms with E-state index in [2.05, 4.69) is 31.5 Å². The third kappa shape index (κ3) is 4.00. The Kier molecular flexibility index (Phi) is 4.64. The SMILES string of the molecule is C#CCCNc1nc(Cl)nc(NCC)n1. The van der Waals surface area contributed by atoms with Crippen molar-refractivity contribution in [1.29, 1.82) is 0 Å². The minimum atomic E-state index is 0.157. The van der Waals surface area contributed by atoms with Gasteiger partial charge in [0.25, 0.3) is 0 Å². The molecule has 0 saturated carbocycles. The molecule has 0 aliphatic rings. The van der Waals surface area contributed by atoms with Gasteiger partial charge in [-0.3, -0.25) is 0 Å². The van der Waals surface area contributed by atoms with Crippen LogP contribution in [0.25, 0.3) is 0 Å². The molecule has 1 aromatic heterocycles. The number of rotatable bonds is 5. The summed E-state index contributed by atoms with van der Waals surface area (Å²) < 4.78 is 0. The summed E-state index contributed by atoms with van der Waals surface area (Å²) in [4.78, 5) is 11.9. The molecule has 0 unspecified atom stereocenters. The second-order valence-electron chi connectivity index (χ2n) is 2.66. The first kappa shape index (κ1) is 11.5. The lowest BCUT2D eigenvalue weighted by molar-refractivity contribution is 0.981. The third-order valence-electron chi connectivity index (χ3n) is 1.50. The summed E-state index contributed by atoms with van der Waals surface area (Å²) in [6, 6.07) is 0. The molecule has 0 amide bonds. The highest BCUT2D eigenvalue weighted by atomic mass is 35.5. The van der Waals surface area contributed by atoms with Crippen LogP contribution in [0.1, 0.15) is 13.3 Å². The van der Waals surface area contributed by atoms with Gasteiger partial charge in [-0.2, -0.15) is 15.0 Å². The summed E-state index contributed by atoms with van der Waals surface area (Å²) in [6.07, 6.45) is 5.73. The number of halogens is 1. The van der Waals surface area contributed by atoms with Gasteiger partial charge in [0.2, 0.25) is 17.2 Å². The van der Waals surface area contributed by atoms with Crippen molar-refractivity contribution in [1.82, 2.24) is 15.0 Å². The van der Waals surface area contributed by atoms with Crippen LogP contribution < -0.4 is 10.6 Å². The summed E-state index contributed by atoms with van der Waals surface area (Å²) in [5.41, 5.74) is 0. The fourth-order valence-corrected chi connectivity index (χ4v) is 1.07. The topological polar surface area (TPSA) is 62.7 Å². The lowest BCUT2D eigenvalue weighted by Crippen LogP contribution is -2.09. The Balaban J connectivity index is 2.67. The van der Waals surface area contributed by atoms with Gasteiger partial charge in [-0.15, -0.1) is 12.3 Å². The predicted molar refractivity (Wildman–Crippen MR) is 60.9 cm³/mol. The summed E-state index contributed by atoms with van der Waals surface area (Å²) >= 11 is 5.72. The molecule has 0 bridgehead atoms.